The van der Waals surface area contributed by atoms with Crippen LogP contribution in [0.1, 0.15) is 101 Å². The van der Waals surface area contributed by atoms with Gasteiger partial charge in [0.05, 0.1) is 8.07 Å². The molecule has 4 aliphatic rings. The second-order valence-corrected chi connectivity index (χ2v) is 23.0. The normalized spacial score (nSPS) is 35.3. The van der Waals surface area contributed by atoms with Crippen LogP contribution in [0.5, 0.6) is 0 Å². The third-order valence-corrected chi connectivity index (χ3v) is 17.8. The summed E-state index contributed by atoms with van der Waals surface area (Å²) in [6, 6.07) is 23.4. The van der Waals surface area contributed by atoms with Gasteiger partial charge in [-0.1, -0.05) is 126 Å². The van der Waals surface area contributed by atoms with Crippen molar-refractivity contribution in [3.05, 3.63) is 86.6 Å². The second kappa shape index (κ2) is 16.6. The van der Waals surface area contributed by atoms with Crippen LogP contribution in [0.4, 0.5) is 0 Å². The molecule has 0 spiro atoms. The van der Waals surface area contributed by atoms with Crippen molar-refractivity contribution in [3.63, 3.8) is 0 Å². The fraction of sp³-hybridized carbons (Fsp3) is 0.632. The molecule has 0 amide bonds. The third kappa shape index (κ3) is 7.24. The number of benzene rings is 2. The van der Waals surface area contributed by atoms with E-state index in [1.54, 1.807) is 11.1 Å². The average molecular weight is 705 g/mol. The summed E-state index contributed by atoms with van der Waals surface area (Å²) in [5.74, 6) is 7.47. The number of halogens is 2. The van der Waals surface area contributed by atoms with Crippen molar-refractivity contribution >= 4 is 25.1 Å². The predicted molar refractivity (Wildman–Crippen MR) is 186 cm³/mol. The van der Waals surface area contributed by atoms with E-state index in [0.29, 0.717) is 0 Å². The Morgan fingerprint density at radius 3 is 1.31 bits per heavy atom. The summed E-state index contributed by atoms with van der Waals surface area (Å²) in [6.45, 7) is 10.9. The second-order valence-electron chi connectivity index (χ2n) is 14.3. The summed E-state index contributed by atoms with van der Waals surface area (Å²) in [5, 5.41) is 0. The molecular weight excluding hydrogens is 647 g/mol. The molecule has 42 heavy (non-hydrogen) atoms. The van der Waals surface area contributed by atoms with Gasteiger partial charge in [0, 0.05) is 0 Å². The number of rotatable bonds is 6. The van der Waals surface area contributed by atoms with E-state index in [9.17, 15) is 0 Å². The Kier molecular flexibility index (Phi) is 14.5. The Morgan fingerprint density at radius 2 is 0.976 bits per heavy atom. The minimum absolute atomic E-state index is 0. The first-order valence-electron chi connectivity index (χ1n) is 16.5. The minimum atomic E-state index is -1.48. The molecule has 0 aromatic heterocycles. The first kappa shape index (κ1) is 36.6. The van der Waals surface area contributed by atoms with Crippen molar-refractivity contribution in [1.29, 1.82) is 0 Å². The number of hydrogen-bond donors (Lipinski definition) is 0. The Hall–Kier alpha value is 0.120. The molecule has 0 nitrogen and oxygen atoms in total. The van der Waals surface area contributed by atoms with Crippen LogP contribution in [0.25, 0.3) is 0 Å². The molecule has 4 aliphatic carbocycles. The van der Waals surface area contributed by atoms with Crippen molar-refractivity contribution in [2.45, 2.75) is 114 Å². The van der Waals surface area contributed by atoms with Gasteiger partial charge in [-0.25, -0.2) is 0 Å². The summed E-state index contributed by atoms with van der Waals surface area (Å²) in [7, 11) is 8.38. The molecule has 0 radical (unpaired) electrons. The van der Waals surface area contributed by atoms with Crippen molar-refractivity contribution in [2.24, 2.45) is 35.5 Å². The Bertz CT molecular complexity index is 964. The van der Waals surface area contributed by atoms with Crippen molar-refractivity contribution in [2.75, 3.05) is 0 Å². The van der Waals surface area contributed by atoms with Gasteiger partial charge in [-0.15, -0.1) is 0 Å². The fourth-order valence-corrected chi connectivity index (χ4v) is 18.1. The van der Waals surface area contributed by atoms with Crippen molar-refractivity contribution in [3.8, 4) is 0 Å². The Morgan fingerprint density at radius 1 is 0.619 bits per heavy atom. The van der Waals surface area contributed by atoms with Crippen molar-refractivity contribution < 1.29 is 20.8 Å². The van der Waals surface area contributed by atoms with E-state index in [4.69, 9.17) is 17.0 Å². The number of hydrogen-bond acceptors (Lipinski definition) is 0. The van der Waals surface area contributed by atoms with Gasteiger partial charge in [0.2, 0.25) is 0 Å². The van der Waals surface area contributed by atoms with Gasteiger partial charge in [-0.2, -0.15) is 0 Å². The first-order valence-corrected chi connectivity index (χ1v) is 26.0. The standard InChI is InChI=1S/C36H52Si.2CH3.2ClH.Zr/c1-5-25-23-33-29(27-15-9-7-10-16-27)19-13-21-31(33)35(25)37(3,4)36-26(6-2)24-34-30(20-14-22-32(34)36)28-17-11-8-12-18-28;;;;;/h7-12,15-18,25-26,29-36H,5-6,13-14,19-24H2,1-4H3;2*1H3;2*1H;/q;2*-1;;;+4/p-2. The Balaban J connectivity index is 0.000000930. The number of fused-ring (bicyclic) bond motifs is 2. The monoisotopic (exact) mass is 702 g/mol. The summed E-state index contributed by atoms with van der Waals surface area (Å²) in [5.41, 5.74) is 5.39. The molecule has 4 fully saturated rings. The van der Waals surface area contributed by atoms with Gasteiger partial charge < -0.3 is 14.9 Å². The van der Waals surface area contributed by atoms with E-state index < -0.39 is 28.9 Å². The van der Waals surface area contributed by atoms with Gasteiger partial charge >= 0.3 is 37.9 Å². The quantitative estimate of drug-likeness (QED) is 0.207. The molecule has 10 unspecified atom stereocenters. The van der Waals surface area contributed by atoms with Crippen LogP contribution in [0, 0.1) is 50.4 Å². The molecule has 0 bridgehead atoms. The van der Waals surface area contributed by atoms with Crippen LogP contribution < -0.4 is 0 Å². The van der Waals surface area contributed by atoms with Crippen LogP contribution >= 0.6 is 17.0 Å². The van der Waals surface area contributed by atoms with E-state index in [-0.39, 0.29) is 14.9 Å². The van der Waals surface area contributed by atoms with E-state index >= 15 is 0 Å². The molecule has 2 aromatic rings. The summed E-state index contributed by atoms with van der Waals surface area (Å²) >= 11 is -0.826. The van der Waals surface area contributed by atoms with E-state index in [2.05, 4.69) is 87.6 Å². The summed E-state index contributed by atoms with van der Waals surface area (Å²) < 4.78 is 0. The SMILES string of the molecule is CCC1CC2C(c3ccccc3)CCCC2C1[Si](C)(C)C1C(CC)CC2C(c3ccccc3)CCCC21.[CH3-].[CH3-].[Cl][Zr+2][Cl]. The molecule has 4 heteroatoms. The zero-order valence-corrected chi connectivity index (χ0v) is 32.3. The predicted octanol–water partition coefficient (Wildman–Crippen LogP) is 13.0. The van der Waals surface area contributed by atoms with Crippen LogP contribution in [0.3, 0.4) is 0 Å². The van der Waals surface area contributed by atoms with Gasteiger partial charge in [-0.3, -0.25) is 0 Å². The van der Waals surface area contributed by atoms with Crippen LogP contribution in [0.2, 0.25) is 24.2 Å². The van der Waals surface area contributed by atoms with Crippen molar-refractivity contribution in [1.82, 2.24) is 0 Å². The van der Waals surface area contributed by atoms with Gasteiger partial charge in [0.15, 0.2) is 0 Å². The Labute approximate surface area is 280 Å². The van der Waals surface area contributed by atoms with E-state index in [1.807, 2.05) is 0 Å². The maximum absolute atomic E-state index is 4.93. The molecule has 10 atom stereocenters. The van der Waals surface area contributed by atoms with Gasteiger partial charge in [0.1, 0.15) is 0 Å². The molecule has 0 heterocycles. The maximum atomic E-state index is 4.93. The van der Waals surface area contributed by atoms with E-state index in [1.165, 1.54) is 64.2 Å². The first-order chi connectivity index (χ1) is 19.5. The van der Waals surface area contributed by atoms with Gasteiger partial charge in [-0.05, 0) is 95.2 Å². The zero-order valence-electron chi connectivity index (χ0n) is 27.4. The van der Waals surface area contributed by atoms with Crippen LogP contribution in [0.15, 0.2) is 60.7 Å². The molecule has 0 N–H and O–H groups in total. The fourth-order valence-electron chi connectivity index (χ4n) is 11.5. The van der Waals surface area contributed by atoms with Crippen LogP contribution in [-0.2, 0) is 20.8 Å². The molecule has 0 aliphatic heterocycles. The molecule has 6 rings (SSSR count). The molecular formula is C38H58Cl2SiZr. The molecule has 2 aromatic carbocycles. The molecule has 232 valence electrons. The van der Waals surface area contributed by atoms with Gasteiger partial charge in [0.25, 0.3) is 0 Å². The molecule has 0 saturated heterocycles. The summed E-state index contributed by atoms with van der Waals surface area (Å²) in [4.78, 5) is 0. The topological polar surface area (TPSA) is 0 Å². The third-order valence-electron chi connectivity index (χ3n) is 12.5. The van der Waals surface area contributed by atoms with E-state index in [0.717, 1.165) is 58.4 Å². The molecule has 4 saturated carbocycles. The van der Waals surface area contributed by atoms with Crippen LogP contribution in [-0.4, -0.2) is 8.07 Å². The summed E-state index contributed by atoms with van der Waals surface area (Å²) in [6.07, 6.45) is 14.7. The zero-order chi connectivity index (χ0) is 28.3. The average Bonchev–Trinajstić information content (AvgIpc) is 3.58.